The fourth-order valence-electron chi connectivity index (χ4n) is 2.80. The Morgan fingerprint density at radius 1 is 1.13 bits per heavy atom. The molecule has 0 aromatic rings. The van der Waals surface area contributed by atoms with E-state index in [4.69, 9.17) is 0 Å². The van der Waals surface area contributed by atoms with Crippen molar-refractivity contribution < 1.29 is 0 Å². The minimum absolute atomic E-state index is 0.725. The van der Waals surface area contributed by atoms with Crippen LogP contribution in [0.2, 0.25) is 0 Å². The van der Waals surface area contributed by atoms with Gasteiger partial charge in [-0.25, -0.2) is 0 Å². The van der Waals surface area contributed by atoms with E-state index in [0.29, 0.717) is 0 Å². The normalized spacial score (nSPS) is 23.2. The molecule has 2 aliphatic rings. The Labute approximate surface area is 94.4 Å². The van der Waals surface area contributed by atoms with Crippen molar-refractivity contribution in [2.24, 2.45) is 0 Å². The van der Waals surface area contributed by atoms with Crippen LogP contribution in [0.3, 0.4) is 0 Å². The van der Waals surface area contributed by atoms with Crippen LogP contribution in [0, 0.1) is 0 Å². The molecule has 88 valence electrons. The van der Waals surface area contributed by atoms with Crippen molar-refractivity contribution in [3.63, 3.8) is 0 Å². The highest BCUT2D eigenvalue weighted by atomic mass is 15.2. The summed E-state index contributed by atoms with van der Waals surface area (Å²) in [5.41, 5.74) is 0. The summed E-state index contributed by atoms with van der Waals surface area (Å²) < 4.78 is 0. The van der Waals surface area contributed by atoms with E-state index in [2.05, 4.69) is 24.1 Å². The molecule has 0 heterocycles. The molecule has 0 bridgehead atoms. The van der Waals surface area contributed by atoms with Gasteiger partial charge in [-0.3, -0.25) is 4.90 Å². The Morgan fingerprint density at radius 3 is 2.33 bits per heavy atom. The highest BCUT2D eigenvalue weighted by Gasteiger charge is 2.30. The summed E-state index contributed by atoms with van der Waals surface area (Å²) in [5, 5.41) is 3.71. The van der Waals surface area contributed by atoms with Crippen molar-refractivity contribution >= 4 is 0 Å². The van der Waals surface area contributed by atoms with E-state index >= 15 is 0 Å². The second kappa shape index (κ2) is 5.31. The summed E-state index contributed by atoms with van der Waals surface area (Å²) >= 11 is 0. The number of hydrogen-bond acceptors (Lipinski definition) is 2. The Hall–Kier alpha value is -0.0800. The summed E-state index contributed by atoms with van der Waals surface area (Å²) in [5.74, 6) is 0. The fourth-order valence-corrected chi connectivity index (χ4v) is 2.80. The molecule has 0 unspecified atom stereocenters. The molecule has 1 N–H and O–H groups in total. The molecular weight excluding hydrogens is 184 g/mol. The van der Waals surface area contributed by atoms with Crippen LogP contribution < -0.4 is 5.32 Å². The maximum atomic E-state index is 3.71. The first-order valence-corrected chi connectivity index (χ1v) is 6.76. The molecule has 2 heteroatoms. The van der Waals surface area contributed by atoms with Crippen molar-refractivity contribution in [1.82, 2.24) is 10.2 Å². The molecule has 0 atom stereocenters. The van der Waals surface area contributed by atoms with Crippen LogP contribution in [0.1, 0.15) is 52.4 Å². The minimum Gasteiger partial charge on any atom is -0.313 e. The third-order valence-corrected chi connectivity index (χ3v) is 3.84. The summed E-state index contributed by atoms with van der Waals surface area (Å²) in [6.45, 7) is 7.10. The summed E-state index contributed by atoms with van der Waals surface area (Å²) in [6, 6.07) is 2.47. The van der Waals surface area contributed by atoms with E-state index in [0.717, 1.165) is 18.1 Å². The van der Waals surface area contributed by atoms with Crippen molar-refractivity contribution in [1.29, 1.82) is 0 Å². The van der Waals surface area contributed by atoms with E-state index in [9.17, 15) is 0 Å². The van der Waals surface area contributed by atoms with Gasteiger partial charge in [0.1, 0.15) is 0 Å². The summed E-state index contributed by atoms with van der Waals surface area (Å²) in [6.07, 6.45) is 8.56. The molecule has 0 radical (unpaired) electrons. The highest BCUT2D eigenvalue weighted by Crippen LogP contribution is 2.28. The topological polar surface area (TPSA) is 15.3 Å². The molecule has 2 fully saturated rings. The lowest BCUT2D eigenvalue weighted by Crippen LogP contribution is -2.40. The number of nitrogens with zero attached hydrogens (tertiary/aromatic N) is 1. The number of rotatable bonds is 6. The predicted molar refractivity (Wildman–Crippen MR) is 65.1 cm³/mol. The zero-order chi connectivity index (χ0) is 10.7. The van der Waals surface area contributed by atoms with Crippen LogP contribution in [0.5, 0.6) is 0 Å². The second-order valence-corrected chi connectivity index (χ2v) is 5.50. The first-order chi connectivity index (χ1) is 7.27. The van der Waals surface area contributed by atoms with E-state index in [1.807, 2.05) is 0 Å². The summed E-state index contributed by atoms with van der Waals surface area (Å²) in [7, 11) is 0. The molecule has 0 amide bonds. The number of nitrogens with one attached hydrogen (secondary N) is 1. The van der Waals surface area contributed by atoms with Gasteiger partial charge in [-0.15, -0.1) is 0 Å². The molecule has 0 aliphatic heterocycles. The molecule has 0 saturated heterocycles. The molecular formula is C13H26N2. The van der Waals surface area contributed by atoms with E-state index in [1.165, 1.54) is 51.6 Å². The van der Waals surface area contributed by atoms with Crippen molar-refractivity contribution in [2.45, 2.75) is 70.5 Å². The van der Waals surface area contributed by atoms with E-state index in [-0.39, 0.29) is 0 Å². The van der Waals surface area contributed by atoms with E-state index < -0.39 is 0 Å². The molecule has 2 saturated carbocycles. The number of hydrogen-bond donors (Lipinski definition) is 1. The molecule has 0 aromatic carbocycles. The van der Waals surface area contributed by atoms with Gasteiger partial charge < -0.3 is 5.32 Å². The zero-order valence-electron chi connectivity index (χ0n) is 10.3. The lowest BCUT2D eigenvalue weighted by atomic mass is 10.2. The van der Waals surface area contributed by atoms with Gasteiger partial charge in [0.25, 0.3) is 0 Å². The fraction of sp³-hybridized carbons (Fsp3) is 1.00. The molecule has 0 spiro atoms. The standard InChI is InChI=1S/C13H26N2/c1-11(2)15(13-7-8-13)10-9-14-12-5-3-4-6-12/h11-14H,3-10H2,1-2H3. The first kappa shape index (κ1) is 11.4. The zero-order valence-corrected chi connectivity index (χ0v) is 10.3. The van der Waals surface area contributed by atoms with E-state index in [1.54, 1.807) is 0 Å². The Bertz CT molecular complexity index is 179. The van der Waals surface area contributed by atoms with Crippen LogP contribution in [0.4, 0.5) is 0 Å². The van der Waals surface area contributed by atoms with Crippen molar-refractivity contribution in [3.8, 4) is 0 Å². The third kappa shape index (κ3) is 3.46. The smallest absolute Gasteiger partial charge is 0.0113 e. The van der Waals surface area contributed by atoms with Crippen LogP contribution >= 0.6 is 0 Å². The van der Waals surface area contributed by atoms with Gasteiger partial charge in [0.2, 0.25) is 0 Å². The molecule has 2 aliphatic carbocycles. The van der Waals surface area contributed by atoms with Gasteiger partial charge in [0, 0.05) is 31.2 Å². The van der Waals surface area contributed by atoms with Crippen LogP contribution in [-0.2, 0) is 0 Å². The molecule has 2 nitrogen and oxygen atoms in total. The van der Waals surface area contributed by atoms with Crippen LogP contribution in [0.15, 0.2) is 0 Å². The lowest BCUT2D eigenvalue weighted by molar-refractivity contribution is 0.209. The van der Waals surface area contributed by atoms with Gasteiger partial charge in [-0.05, 0) is 39.5 Å². The largest absolute Gasteiger partial charge is 0.313 e. The molecule has 2 rings (SSSR count). The Balaban J connectivity index is 1.62. The maximum absolute atomic E-state index is 3.71. The highest BCUT2D eigenvalue weighted by molar-refractivity contribution is 4.87. The Morgan fingerprint density at radius 2 is 1.80 bits per heavy atom. The molecule has 0 aromatic heterocycles. The van der Waals surface area contributed by atoms with Gasteiger partial charge in [-0.1, -0.05) is 12.8 Å². The van der Waals surface area contributed by atoms with Gasteiger partial charge in [-0.2, -0.15) is 0 Å². The van der Waals surface area contributed by atoms with Crippen LogP contribution in [0.25, 0.3) is 0 Å². The predicted octanol–water partition coefficient (Wildman–Crippen LogP) is 2.39. The van der Waals surface area contributed by atoms with Gasteiger partial charge in [0.05, 0.1) is 0 Å². The quantitative estimate of drug-likeness (QED) is 0.724. The molecule has 15 heavy (non-hydrogen) atoms. The monoisotopic (exact) mass is 210 g/mol. The first-order valence-electron chi connectivity index (χ1n) is 6.76. The maximum Gasteiger partial charge on any atom is 0.0113 e. The summed E-state index contributed by atoms with van der Waals surface area (Å²) in [4.78, 5) is 2.67. The lowest BCUT2D eigenvalue weighted by Gasteiger charge is -2.27. The van der Waals surface area contributed by atoms with Gasteiger partial charge >= 0.3 is 0 Å². The van der Waals surface area contributed by atoms with Crippen molar-refractivity contribution in [3.05, 3.63) is 0 Å². The minimum atomic E-state index is 0.725. The third-order valence-electron chi connectivity index (χ3n) is 3.84. The second-order valence-electron chi connectivity index (χ2n) is 5.50. The average Bonchev–Trinajstić information content (AvgIpc) is 2.89. The van der Waals surface area contributed by atoms with Gasteiger partial charge in [0.15, 0.2) is 0 Å². The van der Waals surface area contributed by atoms with Crippen molar-refractivity contribution in [2.75, 3.05) is 13.1 Å². The Kier molecular flexibility index (Phi) is 4.04. The van der Waals surface area contributed by atoms with Crippen LogP contribution in [-0.4, -0.2) is 36.1 Å². The SMILES string of the molecule is CC(C)N(CCNC1CCCC1)C1CC1. The average molecular weight is 210 g/mol.